The number of furan rings is 1. The van der Waals surface area contributed by atoms with Gasteiger partial charge in [0, 0.05) is 0 Å². The van der Waals surface area contributed by atoms with Gasteiger partial charge in [-0.05, 0) is 0 Å². The molecule has 3 heterocycles. The van der Waals surface area contributed by atoms with Crippen molar-refractivity contribution >= 4 is 47.7 Å². The molecule has 0 radical (unpaired) electrons. The molecule has 0 aliphatic rings. The fourth-order valence-electron chi connectivity index (χ4n) is 2.01. The third-order valence-electron chi connectivity index (χ3n) is 2.95. The molecule has 0 bridgehead atoms. The van der Waals surface area contributed by atoms with Gasteiger partial charge in [0.25, 0.3) is 0 Å². The van der Waals surface area contributed by atoms with Gasteiger partial charge in [0.2, 0.25) is 0 Å². The number of carboxylic acids is 1. The third kappa shape index (κ3) is 2.65. The van der Waals surface area contributed by atoms with Crippen molar-refractivity contribution in [2.24, 2.45) is 0 Å². The van der Waals surface area contributed by atoms with Crippen LogP contribution in [0.2, 0.25) is 5.21 Å². The predicted molar refractivity (Wildman–Crippen MR) is 82.9 cm³/mol. The van der Waals surface area contributed by atoms with Crippen LogP contribution in [-0.2, 0) is 4.79 Å². The Kier molecular flexibility index (Phi) is 4.00. The maximum atomic E-state index is 12.2. The minimum atomic E-state index is -1.42. The average Bonchev–Trinajstić information content (AvgIpc) is 3.16. The molecule has 0 fully saturated rings. The monoisotopic (exact) mass is 379 g/mol. The number of pyridine rings is 1. The Labute approximate surface area is 135 Å². The van der Waals surface area contributed by atoms with Crippen LogP contribution in [0.1, 0.15) is 10.5 Å². The Hall–Kier alpha value is -2.11. The van der Waals surface area contributed by atoms with Gasteiger partial charge >= 0.3 is 135 Å². The van der Waals surface area contributed by atoms with Crippen LogP contribution in [0, 0.1) is 0 Å². The van der Waals surface area contributed by atoms with Crippen LogP contribution in [0.25, 0.3) is 21.5 Å². The van der Waals surface area contributed by atoms with Crippen LogP contribution in [0.5, 0.6) is 5.75 Å². The van der Waals surface area contributed by atoms with Gasteiger partial charge in [-0.1, -0.05) is 0 Å². The summed E-state index contributed by atoms with van der Waals surface area (Å²) in [4.78, 5) is 27.1. The van der Waals surface area contributed by atoms with Gasteiger partial charge in [0.15, 0.2) is 0 Å². The number of hydrogen-bond donors (Lipinski definition) is 2. The first-order valence-electron chi connectivity index (χ1n) is 6.22. The first kappa shape index (κ1) is 14.8. The van der Waals surface area contributed by atoms with E-state index >= 15 is 0 Å². The first-order valence-corrected chi connectivity index (χ1v) is 9.63. The zero-order valence-corrected chi connectivity index (χ0v) is 14.0. The second kappa shape index (κ2) is 5.94. The summed E-state index contributed by atoms with van der Waals surface area (Å²) >= 11 is -0.123. The number of carbonyl (C=O) groups is 2. The Balaban J connectivity index is 2.13. The van der Waals surface area contributed by atoms with Crippen molar-refractivity contribution in [3.63, 3.8) is 0 Å². The van der Waals surface area contributed by atoms with Gasteiger partial charge in [0.05, 0.1) is 0 Å². The van der Waals surface area contributed by atoms with E-state index in [0.717, 1.165) is 0 Å². The van der Waals surface area contributed by atoms with Crippen LogP contribution in [0.3, 0.4) is 0 Å². The Morgan fingerprint density at radius 1 is 1.36 bits per heavy atom. The van der Waals surface area contributed by atoms with Crippen molar-refractivity contribution in [1.29, 1.82) is 0 Å². The molecule has 0 spiro atoms. The average molecular weight is 379 g/mol. The van der Waals surface area contributed by atoms with Gasteiger partial charge < -0.3 is 0 Å². The van der Waals surface area contributed by atoms with Crippen LogP contribution >= 0.6 is 11.3 Å². The number of aromatic hydroxyl groups is 1. The van der Waals surface area contributed by atoms with E-state index in [-0.39, 0.29) is 21.2 Å². The van der Waals surface area contributed by atoms with Crippen LogP contribution < -0.4 is 0 Å². The van der Waals surface area contributed by atoms with Crippen molar-refractivity contribution in [2.45, 2.75) is 5.21 Å². The van der Waals surface area contributed by atoms with E-state index in [9.17, 15) is 14.7 Å². The van der Waals surface area contributed by atoms with Gasteiger partial charge in [-0.15, -0.1) is 0 Å². The number of fused-ring (bicyclic) bond motifs is 1. The number of aromatic nitrogens is 1. The van der Waals surface area contributed by atoms with Crippen LogP contribution in [0.4, 0.5) is 0 Å². The van der Waals surface area contributed by atoms with Crippen LogP contribution in [0.15, 0.2) is 34.3 Å². The van der Waals surface area contributed by atoms with E-state index in [1.165, 1.54) is 17.6 Å². The molecule has 112 valence electrons. The van der Waals surface area contributed by atoms with Gasteiger partial charge in [-0.25, -0.2) is 0 Å². The molecule has 3 rings (SSSR count). The third-order valence-corrected chi connectivity index (χ3v) is 6.05. The van der Waals surface area contributed by atoms with E-state index in [0.29, 0.717) is 21.5 Å². The van der Waals surface area contributed by atoms with E-state index in [1.54, 1.807) is 23.6 Å². The van der Waals surface area contributed by atoms with Crippen molar-refractivity contribution in [3.05, 3.63) is 35.5 Å². The molecule has 0 aromatic carbocycles. The summed E-state index contributed by atoms with van der Waals surface area (Å²) in [5, 5.41) is 21.3. The van der Waals surface area contributed by atoms with E-state index in [2.05, 4.69) is 4.98 Å². The number of carbonyl (C=O) groups excluding carboxylic acids is 1. The van der Waals surface area contributed by atoms with Crippen molar-refractivity contribution in [2.75, 3.05) is 0 Å². The molecule has 1 unspecified atom stereocenters. The number of aliphatic carboxylic acids is 1. The number of nitrogens with zero attached hydrogens (tertiary/aromatic N) is 1. The summed E-state index contributed by atoms with van der Waals surface area (Å²) in [6.45, 7) is 0. The molecule has 0 aliphatic carbocycles. The summed E-state index contributed by atoms with van der Waals surface area (Å²) in [6.07, 6.45) is 1.50. The van der Waals surface area contributed by atoms with Crippen LogP contribution in [-0.4, -0.2) is 41.5 Å². The second-order valence-corrected chi connectivity index (χ2v) is 7.73. The summed E-state index contributed by atoms with van der Waals surface area (Å²) < 4.78 is 5.50. The summed E-state index contributed by atoms with van der Waals surface area (Å²) in [7, 11) is 0. The number of carboxylic acid groups (broad SMARTS) is 1. The molecular formula is C14H10AsNO5S. The van der Waals surface area contributed by atoms with E-state index in [4.69, 9.17) is 9.52 Å². The molecule has 0 amide bonds. The Bertz CT molecular complexity index is 856. The standard InChI is InChI=1S/C14H10AsNO5S/c17-9(18)6-15-14(20)11-12(19)13-7(3-5-22-13)10(16-11)8-2-1-4-21-8/h1-5,15,19H,6H2,(H,17,18). The fraction of sp³-hybridized carbons (Fsp3) is 0.0714. The molecule has 3 aromatic rings. The van der Waals surface area contributed by atoms with Crippen molar-refractivity contribution < 1.29 is 24.2 Å². The Morgan fingerprint density at radius 2 is 2.18 bits per heavy atom. The van der Waals surface area contributed by atoms with Gasteiger partial charge in [-0.2, -0.15) is 0 Å². The zero-order chi connectivity index (χ0) is 15.7. The SMILES string of the molecule is O=C(O)C[AsH]C(=O)c1nc(-c2ccco2)c2ccsc2c1O. The maximum absolute atomic E-state index is 12.2. The zero-order valence-electron chi connectivity index (χ0n) is 11.1. The fourth-order valence-corrected chi connectivity index (χ4v) is 4.22. The van der Waals surface area contributed by atoms with Crippen molar-refractivity contribution in [1.82, 2.24) is 4.98 Å². The van der Waals surface area contributed by atoms with E-state index < -0.39 is 21.7 Å². The summed E-state index contributed by atoms with van der Waals surface area (Å²) in [5.41, 5.74) is 0.409. The Morgan fingerprint density at radius 3 is 2.86 bits per heavy atom. The molecule has 22 heavy (non-hydrogen) atoms. The number of rotatable bonds is 5. The normalized spacial score (nSPS) is 11.5. The number of hydrogen-bond acceptors (Lipinski definition) is 6. The molecule has 0 saturated carbocycles. The molecular weight excluding hydrogens is 369 g/mol. The number of thiophene rings is 1. The minimum absolute atomic E-state index is 0.0670. The first-order chi connectivity index (χ1) is 10.6. The molecule has 8 heteroatoms. The quantitative estimate of drug-likeness (QED) is 0.660. The van der Waals surface area contributed by atoms with Gasteiger partial charge in [0.1, 0.15) is 0 Å². The molecule has 1 atom stereocenters. The topological polar surface area (TPSA) is 101 Å². The van der Waals surface area contributed by atoms with Gasteiger partial charge in [-0.3, -0.25) is 0 Å². The molecule has 3 aromatic heterocycles. The summed E-state index contributed by atoms with van der Waals surface area (Å²) in [5.74, 6) is -0.702. The molecule has 6 nitrogen and oxygen atoms in total. The summed E-state index contributed by atoms with van der Waals surface area (Å²) in [6, 6.07) is 5.23. The molecule has 0 saturated heterocycles. The molecule has 0 aliphatic heterocycles. The second-order valence-electron chi connectivity index (χ2n) is 4.37. The predicted octanol–water partition coefficient (Wildman–Crippen LogP) is 2.34. The molecule has 2 N–H and O–H groups in total. The van der Waals surface area contributed by atoms with Crippen molar-refractivity contribution in [3.8, 4) is 17.2 Å². The van der Waals surface area contributed by atoms with E-state index in [1.807, 2.05) is 0 Å².